The van der Waals surface area contributed by atoms with Crippen LogP contribution in [0.1, 0.15) is 22.8 Å². The molecule has 0 bridgehead atoms. The molecule has 0 aromatic heterocycles. The molecule has 0 saturated carbocycles. The fourth-order valence-corrected chi connectivity index (χ4v) is 4.77. The third kappa shape index (κ3) is 5.72. The zero-order chi connectivity index (χ0) is 23.5. The lowest BCUT2D eigenvalue weighted by atomic mass is 10.1. The molecule has 1 aliphatic rings. The maximum atomic E-state index is 12.9. The minimum Gasteiger partial charge on any atom is -0.325 e. The Hall–Kier alpha value is -2.76. The summed E-state index contributed by atoms with van der Waals surface area (Å²) in [6.45, 7) is 2.11. The van der Waals surface area contributed by atoms with Crippen molar-refractivity contribution in [1.82, 2.24) is 9.21 Å². The molecule has 2 aromatic carbocycles. The Kier molecular flexibility index (Phi) is 7.01. The first-order valence-corrected chi connectivity index (χ1v) is 11.2. The number of carbonyl (C=O) groups excluding carboxylic acids is 2. The van der Waals surface area contributed by atoms with E-state index in [2.05, 4.69) is 5.32 Å². The minimum atomic E-state index is -4.63. The van der Waals surface area contributed by atoms with Crippen LogP contribution in [0.2, 0.25) is 0 Å². The fourth-order valence-electron chi connectivity index (χ4n) is 3.30. The third-order valence-corrected chi connectivity index (χ3v) is 6.97. The van der Waals surface area contributed by atoms with E-state index < -0.39 is 26.7 Å². The SMILES string of the molecule is CC(=O)c1ccc(NC(=O)CN2CCN(S(=O)(=O)c3cccc(C(F)(F)F)c3)CC2)cc1. The van der Waals surface area contributed by atoms with Crippen molar-refractivity contribution in [2.24, 2.45) is 0 Å². The van der Waals surface area contributed by atoms with Crippen LogP contribution >= 0.6 is 0 Å². The number of nitrogens with one attached hydrogen (secondary N) is 1. The molecule has 0 atom stereocenters. The Balaban J connectivity index is 1.56. The second-order valence-electron chi connectivity index (χ2n) is 7.39. The van der Waals surface area contributed by atoms with Gasteiger partial charge in [-0.2, -0.15) is 17.5 Å². The number of carbonyl (C=O) groups is 2. The van der Waals surface area contributed by atoms with E-state index in [-0.39, 0.29) is 44.4 Å². The van der Waals surface area contributed by atoms with E-state index in [1.165, 1.54) is 6.92 Å². The van der Waals surface area contributed by atoms with Gasteiger partial charge in [0.05, 0.1) is 17.0 Å². The average molecular weight is 469 g/mol. The number of benzene rings is 2. The Morgan fingerprint density at radius 3 is 2.19 bits per heavy atom. The quantitative estimate of drug-likeness (QED) is 0.658. The first-order valence-electron chi connectivity index (χ1n) is 9.77. The topological polar surface area (TPSA) is 86.8 Å². The molecular weight excluding hydrogens is 447 g/mol. The Morgan fingerprint density at radius 1 is 1.00 bits per heavy atom. The van der Waals surface area contributed by atoms with Gasteiger partial charge in [0.25, 0.3) is 0 Å². The normalized spacial score (nSPS) is 16.0. The Labute approximate surface area is 183 Å². The number of hydrogen-bond donors (Lipinski definition) is 1. The van der Waals surface area contributed by atoms with Gasteiger partial charge in [-0.3, -0.25) is 14.5 Å². The number of rotatable bonds is 6. The summed E-state index contributed by atoms with van der Waals surface area (Å²) in [7, 11) is -4.08. The van der Waals surface area contributed by atoms with Crippen LogP contribution in [0.4, 0.5) is 18.9 Å². The van der Waals surface area contributed by atoms with Crippen LogP contribution in [0.25, 0.3) is 0 Å². The molecule has 11 heteroatoms. The fraction of sp³-hybridized carbons (Fsp3) is 0.333. The van der Waals surface area contributed by atoms with Gasteiger partial charge in [-0.05, 0) is 49.4 Å². The summed E-state index contributed by atoms with van der Waals surface area (Å²) in [5.41, 5.74) is 0.0390. The van der Waals surface area contributed by atoms with Gasteiger partial charge < -0.3 is 5.32 Å². The molecule has 1 amide bonds. The summed E-state index contributed by atoms with van der Waals surface area (Å²) in [5.74, 6) is -0.379. The van der Waals surface area contributed by atoms with Gasteiger partial charge in [0.15, 0.2) is 5.78 Å². The highest BCUT2D eigenvalue weighted by Gasteiger charge is 2.34. The van der Waals surface area contributed by atoms with Crippen LogP contribution in [-0.2, 0) is 21.0 Å². The van der Waals surface area contributed by atoms with Crippen LogP contribution in [0.5, 0.6) is 0 Å². The highest BCUT2D eigenvalue weighted by atomic mass is 32.2. The maximum Gasteiger partial charge on any atom is 0.416 e. The summed E-state index contributed by atoms with van der Waals surface area (Å²) in [6, 6.07) is 10.1. The van der Waals surface area contributed by atoms with Crippen molar-refractivity contribution in [2.75, 3.05) is 38.0 Å². The lowest BCUT2D eigenvalue weighted by molar-refractivity contribution is -0.137. The molecule has 1 N–H and O–H groups in total. The largest absolute Gasteiger partial charge is 0.416 e. The van der Waals surface area contributed by atoms with Gasteiger partial charge in [0, 0.05) is 37.4 Å². The van der Waals surface area contributed by atoms with Gasteiger partial charge in [-0.25, -0.2) is 8.42 Å². The van der Waals surface area contributed by atoms with Crippen LogP contribution < -0.4 is 5.32 Å². The molecule has 32 heavy (non-hydrogen) atoms. The maximum absolute atomic E-state index is 12.9. The number of halogens is 3. The molecule has 7 nitrogen and oxygen atoms in total. The summed E-state index contributed by atoms with van der Waals surface area (Å²) >= 11 is 0. The van der Waals surface area contributed by atoms with E-state index in [0.717, 1.165) is 22.5 Å². The zero-order valence-corrected chi connectivity index (χ0v) is 18.0. The molecule has 1 saturated heterocycles. The number of alkyl halides is 3. The number of hydrogen-bond acceptors (Lipinski definition) is 5. The number of sulfonamides is 1. The first-order chi connectivity index (χ1) is 15.0. The van der Waals surface area contributed by atoms with Crippen LogP contribution in [0.15, 0.2) is 53.4 Å². The molecule has 0 radical (unpaired) electrons. The van der Waals surface area contributed by atoms with Crippen LogP contribution in [0, 0.1) is 0 Å². The average Bonchev–Trinajstić information content (AvgIpc) is 2.74. The molecule has 3 rings (SSSR count). The summed E-state index contributed by atoms with van der Waals surface area (Å²) in [5, 5.41) is 2.71. The van der Waals surface area contributed by atoms with E-state index >= 15 is 0 Å². The predicted octanol–water partition coefficient (Wildman–Crippen LogP) is 2.85. The third-order valence-electron chi connectivity index (χ3n) is 5.07. The van der Waals surface area contributed by atoms with Crippen LogP contribution in [0.3, 0.4) is 0 Å². The zero-order valence-electron chi connectivity index (χ0n) is 17.2. The van der Waals surface area contributed by atoms with E-state index in [4.69, 9.17) is 0 Å². The van der Waals surface area contributed by atoms with Crippen molar-refractivity contribution in [1.29, 1.82) is 0 Å². The Bertz CT molecular complexity index is 1090. The van der Waals surface area contributed by atoms with Gasteiger partial charge >= 0.3 is 6.18 Å². The minimum absolute atomic E-state index is 0.0336. The van der Waals surface area contributed by atoms with Gasteiger partial charge in [0.1, 0.15) is 0 Å². The van der Waals surface area contributed by atoms with E-state index in [9.17, 15) is 31.2 Å². The van der Waals surface area contributed by atoms with Crippen molar-refractivity contribution in [3.8, 4) is 0 Å². The van der Waals surface area contributed by atoms with E-state index in [1.807, 2.05) is 0 Å². The highest BCUT2D eigenvalue weighted by Crippen LogP contribution is 2.31. The van der Waals surface area contributed by atoms with Gasteiger partial charge in [-0.1, -0.05) is 6.07 Å². The second-order valence-corrected chi connectivity index (χ2v) is 9.33. The number of Topliss-reactive ketones (excluding diaryl/α,β-unsaturated/α-hetero) is 1. The molecule has 0 spiro atoms. The van der Waals surface area contributed by atoms with Crippen molar-refractivity contribution < 1.29 is 31.2 Å². The summed E-state index contributed by atoms with van der Waals surface area (Å²) in [6.07, 6.45) is -4.63. The molecule has 0 aliphatic carbocycles. The number of anilines is 1. The first kappa shape index (κ1) is 23.9. The summed E-state index contributed by atoms with van der Waals surface area (Å²) in [4.78, 5) is 24.9. The molecule has 1 aliphatic heterocycles. The monoisotopic (exact) mass is 469 g/mol. The second kappa shape index (κ2) is 9.39. The lowest BCUT2D eigenvalue weighted by Crippen LogP contribution is -2.50. The number of piperazine rings is 1. The number of nitrogens with zero attached hydrogens (tertiary/aromatic N) is 2. The van der Waals surface area contributed by atoms with Crippen molar-refractivity contribution >= 4 is 27.4 Å². The van der Waals surface area contributed by atoms with Gasteiger partial charge in [0.2, 0.25) is 15.9 Å². The highest BCUT2D eigenvalue weighted by molar-refractivity contribution is 7.89. The van der Waals surface area contributed by atoms with Crippen molar-refractivity contribution in [3.05, 3.63) is 59.7 Å². The standard InChI is InChI=1S/C21H22F3N3O4S/c1-15(28)16-5-7-18(8-6-16)25-20(29)14-26-9-11-27(12-10-26)32(30,31)19-4-2-3-17(13-19)21(22,23)24/h2-8,13H,9-12,14H2,1H3,(H,25,29). The molecular formula is C21H22F3N3O4S. The molecule has 0 unspecified atom stereocenters. The number of amides is 1. The van der Waals surface area contributed by atoms with Crippen LogP contribution in [-0.4, -0.2) is 62.0 Å². The molecule has 1 heterocycles. The number of ketones is 1. The smallest absolute Gasteiger partial charge is 0.325 e. The van der Waals surface area contributed by atoms with E-state index in [1.54, 1.807) is 29.2 Å². The van der Waals surface area contributed by atoms with E-state index in [0.29, 0.717) is 17.3 Å². The summed E-state index contributed by atoms with van der Waals surface area (Å²) < 4.78 is 65.4. The van der Waals surface area contributed by atoms with Crippen molar-refractivity contribution in [2.45, 2.75) is 18.0 Å². The van der Waals surface area contributed by atoms with Gasteiger partial charge in [-0.15, -0.1) is 0 Å². The lowest BCUT2D eigenvalue weighted by Gasteiger charge is -2.33. The molecule has 1 fully saturated rings. The molecule has 172 valence electrons. The molecule has 2 aromatic rings. The Morgan fingerprint density at radius 2 is 1.62 bits per heavy atom. The predicted molar refractivity (Wildman–Crippen MR) is 112 cm³/mol. The van der Waals surface area contributed by atoms with Crippen molar-refractivity contribution in [3.63, 3.8) is 0 Å².